The van der Waals surface area contributed by atoms with Gasteiger partial charge < -0.3 is 11.5 Å². The van der Waals surface area contributed by atoms with Crippen molar-refractivity contribution in [1.29, 1.82) is 0 Å². The number of nitrogens with one attached hydrogen (secondary N) is 1. The van der Waals surface area contributed by atoms with Crippen molar-refractivity contribution in [3.63, 3.8) is 0 Å². The number of aromatic amines is 1. The predicted molar refractivity (Wildman–Crippen MR) is 108 cm³/mol. The number of hydrogen-bond acceptors (Lipinski definition) is 5. The van der Waals surface area contributed by atoms with E-state index < -0.39 is 35.3 Å². The molecule has 0 radical (unpaired) electrons. The van der Waals surface area contributed by atoms with E-state index in [0.29, 0.717) is 21.4 Å². The first-order valence-electron chi connectivity index (χ1n) is 9.87. The van der Waals surface area contributed by atoms with Crippen LogP contribution in [0.2, 0.25) is 0 Å². The minimum atomic E-state index is -3.01. The molecule has 10 heteroatoms. The Bertz CT molecular complexity index is 1300. The number of aryl methyl sites for hydroxylation is 1. The summed E-state index contributed by atoms with van der Waals surface area (Å²) < 4.78 is 45.2. The number of nitrogens with zero attached hydrogens (tertiary/aromatic N) is 1. The number of fused-ring (bicyclic) bond motifs is 2. The van der Waals surface area contributed by atoms with Gasteiger partial charge in [-0.3, -0.25) is 14.3 Å². The highest BCUT2D eigenvalue weighted by atomic mass is 32.1. The molecular weight excluding hydrogens is 417 g/mol. The summed E-state index contributed by atoms with van der Waals surface area (Å²) in [7, 11) is 0. The molecule has 1 saturated carbocycles. The molecule has 0 spiro atoms. The fraction of sp³-hybridized carbons (Fsp3) is 0.500. The predicted octanol–water partition coefficient (Wildman–Crippen LogP) is 0.887. The lowest BCUT2D eigenvalue weighted by atomic mass is 9.85. The average molecular weight is 438 g/mol. The Balaban J connectivity index is 1.76. The minimum Gasteiger partial charge on any atom is -0.399 e. The third-order valence-corrected chi connectivity index (χ3v) is 7.71. The minimum absolute atomic E-state index is 0.00713. The van der Waals surface area contributed by atoms with Gasteiger partial charge in [0, 0.05) is 22.2 Å². The summed E-state index contributed by atoms with van der Waals surface area (Å²) in [5, 5.41) is 0.343. The van der Waals surface area contributed by atoms with Crippen LogP contribution in [0.1, 0.15) is 59.5 Å². The molecule has 2 aromatic heterocycles. The number of aromatic nitrogens is 2. The standard InChI is InChI=1S/C20H21F3N4O2S/c1-7-12(11-6-9-10(30-11)4-5-20(22,23)17(9)25)14(21)15(24)13-16(7)27(8-2-3-8)19(29)26-18(13)28/h6,8,12,14,17H,2-5,24-25H2,1H3,(H,26,28,29). The summed E-state index contributed by atoms with van der Waals surface area (Å²) >= 11 is 1.25. The number of hydrogen-bond donors (Lipinski definition) is 3. The third-order valence-electron chi connectivity index (χ3n) is 6.42. The molecule has 3 aliphatic carbocycles. The van der Waals surface area contributed by atoms with E-state index in [1.165, 1.54) is 15.9 Å². The normalized spacial score (nSPS) is 27.7. The molecule has 2 heterocycles. The zero-order valence-electron chi connectivity index (χ0n) is 16.2. The van der Waals surface area contributed by atoms with E-state index in [-0.39, 0.29) is 29.8 Å². The zero-order chi connectivity index (χ0) is 21.5. The second-order valence-corrected chi connectivity index (χ2v) is 9.54. The van der Waals surface area contributed by atoms with Gasteiger partial charge in [0.05, 0.1) is 28.2 Å². The van der Waals surface area contributed by atoms with Crippen LogP contribution in [0.15, 0.2) is 15.7 Å². The first-order chi connectivity index (χ1) is 14.1. The monoisotopic (exact) mass is 438 g/mol. The van der Waals surface area contributed by atoms with Crippen LogP contribution in [0.4, 0.5) is 13.2 Å². The van der Waals surface area contributed by atoms with Crippen molar-refractivity contribution in [2.75, 3.05) is 0 Å². The van der Waals surface area contributed by atoms with Gasteiger partial charge in [-0.25, -0.2) is 18.0 Å². The molecule has 0 amide bonds. The molecule has 6 nitrogen and oxygen atoms in total. The van der Waals surface area contributed by atoms with Crippen molar-refractivity contribution in [1.82, 2.24) is 9.55 Å². The second kappa shape index (κ2) is 6.34. The van der Waals surface area contributed by atoms with Crippen molar-refractivity contribution >= 4 is 22.6 Å². The molecular formula is C20H21F3N4O2S. The lowest BCUT2D eigenvalue weighted by Gasteiger charge is -2.28. The van der Waals surface area contributed by atoms with Crippen LogP contribution in [-0.4, -0.2) is 21.6 Å². The summed E-state index contributed by atoms with van der Waals surface area (Å²) in [4.78, 5) is 28.4. The van der Waals surface area contributed by atoms with Crippen molar-refractivity contribution < 1.29 is 13.2 Å². The maximum atomic E-state index is 15.5. The summed E-state index contributed by atoms with van der Waals surface area (Å²) in [6, 6.07) is 0.0457. The number of H-pyrrole nitrogens is 1. The van der Waals surface area contributed by atoms with E-state index in [9.17, 15) is 18.4 Å². The third kappa shape index (κ3) is 2.66. The van der Waals surface area contributed by atoms with Gasteiger partial charge in [-0.05, 0) is 43.4 Å². The van der Waals surface area contributed by atoms with E-state index in [2.05, 4.69) is 4.98 Å². The van der Waals surface area contributed by atoms with E-state index in [0.717, 1.165) is 17.7 Å². The van der Waals surface area contributed by atoms with Crippen LogP contribution >= 0.6 is 11.3 Å². The molecule has 0 aliphatic heterocycles. The molecule has 30 heavy (non-hydrogen) atoms. The Morgan fingerprint density at radius 2 is 2.00 bits per heavy atom. The van der Waals surface area contributed by atoms with E-state index in [1.54, 1.807) is 13.0 Å². The van der Waals surface area contributed by atoms with Crippen molar-refractivity contribution in [2.24, 2.45) is 11.5 Å². The molecule has 3 aliphatic rings. The Hall–Kier alpha value is -2.33. The number of alkyl halides is 3. The van der Waals surface area contributed by atoms with Crippen LogP contribution in [-0.2, 0) is 6.42 Å². The average Bonchev–Trinajstić information content (AvgIpc) is 3.41. The molecule has 160 valence electrons. The van der Waals surface area contributed by atoms with E-state index in [1.807, 2.05) is 0 Å². The lowest BCUT2D eigenvalue weighted by Crippen LogP contribution is -2.59. The summed E-state index contributed by atoms with van der Waals surface area (Å²) in [5.74, 6) is -3.87. The maximum Gasteiger partial charge on any atom is 0.329 e. The molecule has 5 N–H and O–H groups in total. The molecule has 0 saturated heterocycles. The first-order valence-corrected chi connectivity index (χ1v) is 10.7. The van der Waals surface area contributed by atoms with Gasteiger partial charge in [0.2, 0.25) is 0 Å². The van der Waals surface area contributed by atoms with Crippen molar-refractivity contribution in [3.05, 3.63) is 52.8 Å². The van der Waals surface area contributed by atoms with Gasteiger partial charge in [0.1, 0.15) is 0 Å². The fourth-order valence-corrected chi connectivity index (χ4v) is 6.07. The van der Waals surface area contributed by atoms with Gasteiger partial charge in [-0.2, -0.15) is 0 Å². The highest BCUT2D eigenvalue weighted by Crippen LogP contribution is 2.47. The maximum absolute atomic E-state index is 15.5. The number of halogens is 3. The molecule has 5 rings (SSSR count). The molecule has 2 aromatic rings. The van der Waals surface area contributed by atoms with Crippen LogP contribution in [0, 0.1) is 0 Å². The van der Waals surface area contributed by atoms with Gasteiger partial charge in [0.25, 0.3) is 11.5 Å². The van der Waals surface area contributed by atoms with Gasteiger partial charge in [-0.1, -0.05) is 0 Å². The quantitative estimate of drug-likeness (QED) is 0.647. The van der Waals surface area contributed by atoms with E-state index >= 15 is 4.39 Å². The second-order valence-electron chi connectivity index (χ2n) is 8.37. The molecule has 3 atom stereocenters. The van der Waals surface area contributed by atoms with Crippen LogP contribution in [0.5, 0.6) is 0 Å². The number of nitrogens with two attached hydrogens (primary N) is 2. The van der Waals surface area contributed by atoms with Gasteiger partial charge in [-0.15, -0.1) is 11.3 Å². The summed E-state index contributed by atoms with van der Waals surface area (Å²) in [5.41, 5.74) is 11.2. The zero-order valence-corrected chi connectivity index (χ0v) is 17.0. The summed E-state index contributed by atoms with van der Waals surface area (Å²) in [6.45, 7) is 1.67. The lowest BCUT2D eigenvalue weighted by molar-refractivity contribution is -0.0392. The van der Waals surface area contributed by atoms with Crippen LogP contribution in [0.25, 0.3) is 11.3 Å². The van der Waals surface area contributed by atoms with Gasteiger partial charge in [0.15, 0.2) is 6.17 Å². The highest BCUT2D eigenvalue weighted by Gasteiger charge is 2.44. The highest BCUT2D eigenvalue weighted by molar-refractivity contribution is 7.12. The first kappa shape index (κ1) is 19.6. The van der Waals surface area contributed by atoms with E-state index in [4.69, 9.17) is 11.5 Å². The summed E-state index contributed by atoms with van der Waals surface area (Å²) in [6.07, 6.45) is -0.313. The van der Waals surface area contributed by atoms with Gasteiger partial charge >= 0.3 is 5.69 Å². The van der Waals surface area contributed by atoms with Crippen molar-refractivity contribution in [2.45, 2.75) is 62.7 Å². The number of thiophene rings is 1. The smallest absolute Gasteiger partial charge is 0.329 e. The number of rotatable bonds is 2. The Kier molecular flexibility index (Phi) is 4.14. The molecule has 1 fully saturated rings. The Morgan fingerprint density at radius 3 is 2.67 bits per heavy atom. The Morgan fingerprint density at radius 1 is 1.30 bits per heavy atom. The van der Waals surface area contributed by atoms with Crippen LogP contribution < -0.4 is 33.3 Å². The Labute approximate surface area is 172 Å². The van der Waals surface area contributed by atoms with Crippen molar-refractivity contribution in [3.8, 4) is 0 Å². The largest absolute Gasteiger partial charge is 0.399 e. The SMILES string of the molecule is CC1=c2c(c(=O)[nH]c(=O)n2C2CC2)=C(N)C(F)C1c1cc2c(s1)CCC(F)(F)C2N. The molecule has 3 unspecified atom stereocenters. The topological polar surface area (TPSA) is 107 Å². The fourth-order valence-electron chi connectivity index (χ4n) is 4.67. The molecule has 0 bridgehead atoms. The molecule has 0 aromatic carbocycles. The van der Waals surface area contributed by atoms with Crippen LogP contribution in [0.3, 0.4) is 0 Å².